The molecule has 1 aromatic carbocycles. The van der Waals surface area contributed by atoms with Crippen LogP contribution in [0, 0.1) is 5.82 Å². The maximum Gasteiger partial charge on any atom is 0.189 e. The number of hydrogen-bond acceptors (Lipinski definition) is 3. The quantitative estimate of drug-likeness (QED) is 0.520. The van der Waals surface area contributed by atoms with E-state index in [-0.39, 0.29) is 5.82 Å². The van der Waals surface area contributed by atoms with Crippen LogP contribution in [0.15, 0.2) is 24.3 Å². The second-order valence-electron chi connectivity index (χ2n) is 7.25. The van der Waals surface area contributed by atoms with Crippen molar-refractivity contribution in [3.8, 4) is 0 Å². The molecule has 0 saturated carbocycles. The molecule has 3 nitrogen and oxygen atoms in total. The lowest BCUT2D eigenvalue weighted by Crippen LogP contribution is -2.43. The van der Waals surface area contributed by atoms with Gasteiger partial charge in [-0.3, -0.25) is 0 Å². The Morgan fingerprint density at radius 2 is 1.25 bits per heavy atom. The lowest BCUT2D eigenvalue weighted by Gasteiger charge is -2.45. The maximum absolute atomic E-state index is 14.0. The van der Waals surface area contributed by atoms with Gasteiger partial charge in [0, 0.05) is 29.7 Å². The Balaban J connectivity index is 3.10. The van der Waals surface area contributed by atoms with E-state index in [0.29, 0.717) is 36.3 Å². The van der Waals surface area contributed by atoms with Crippen LogP contribution in [0.4, 0.5) is 4.39 Å². The average Bonchev–Trinajstić information content (AvgIpc) is 2.44. The summed E-state index contributed by atoms with van der Waals surface area (Å²) in [5, 5.41) is 0. The van der Waals surface area contributed by atoms with Crippen LogP contribution in [0.3, 0.4) is 0 Å². The van der Waals surface area contributed by atoms with Gasteiger partial charge < -0.3 is 4.52 Å². The van der Waals surface area contributed by atoms with Gasteiger partial charge in [-0.05, 0) is 61.5 Å². The van der Waals surface area contributed by atoms with Crippen molar-refractivity contribution in [1.29, 1.82) is 0 Å². The highest BCUT2D eigenvalue weighted by Gasteiger charge is 2.34. The summed E-state index contributed by atoms with van der Waals surface area (Å²) in [5.74, 6) is -0.200. The van der Waals surface area contributed by atoms with Crippen molar-refractivity contribution < 1.29 is 8.91 Å². The zero-order valence-corrected chi connectivity index (χ0v) is 17.3. The summed E-state index contributed by atoms with van der Waals surface area (Å²) in [6.45, 7) is 17.9. The first-order chi connectivity index (χ1) is 11.2. The van der Waals surface area contributed by atoms with E-state index in [1.165, 1.54) is 6.07 Å². The molecule has 0 aliphatic rings. The fourth-order valence-corrected chi connectivity index (χ4v) is 5.32. The van der Waals surface area contributed by atoms with E-state index in [1.54, 1.807) is 12.1 Å². The zero-order valence-electron chi connectivity index (χ0n) is 16.5. The van der Waals surface area contributed by atoms with Gasteiger partial charge in [0.15, 0.2) is 8.45 Å². The zero-order chi connectivity index (χ0) is 18.4. The molecule has 0 saturated heterocycles. The maximum atomic E-state index is 14.0. The molecule has 0 fully saturated rings. The molecule has 0 aliphatic heterocycles. The first-order valence-corrected chi connectivity index (χ1v) is 10.1. The molecule has 1 aromatic rings. The molecule has 0 N–H and O–H groups in total. The molecule has 0 aromatic heterocycles. The molecule has 0 unspecified atom stereocenters. The van der Waals surface area contributed by atoms with Gasteiger partial charge in [0.2, 0.25) is 0 Å². The monoisotopic (exact) mass is 356 g/mol. The molecular formula is C19H34FN2OP. The first-order valence-electron chi connectivity index (χ1n) is 8.89. The predicted octanol–water partition coefficient (Wildman–Crippen LogP) is 5.81. The largest absolute Gasteiger partial charge is 0.326 e. The highest BCUT2D eigenvalue weighted by Crippen LogP contribution is 2.51. The van der Waals surface area contributed by atoms with Crippen molar-refractivity contribution in [2.45, 2.75) is 86.2 Å². The third-order valence-electron chi connectivity index (χ3n) is 3.80. The Bertz CT molecular complexity index is 458. The lowest BCUT2D eigenvalue weighted by molar-refractivity contribution is 0.180. The minimum atomic E-state index is -0.981. The smallest absolute Gasteiger partial charge is 0.189 e. The summed E-state index contributed by atoms with van der Waals surface area (Å²) in [5.41, 5.74) is 0.616. The second-order valence-corrected chi connectivity index (χ2v) is 8.94. The summed E-state index contributed by atoms with van der Waals surface area (Å²) < 4.78 is 25.2. The Morgan fingerprint density at radius 1 is 0.833 bits per heavy atom. The van der Waals surface area contributed by atoms with Crippen molar-refractivity contribution in [2.75, 3.05) is 0 Å². The summed E-state index contributed by atoms with van der Waals surface area (Å²) in [6, 6.07) is 8.29. The highest BCUT2D eigenvalue weighted by atomic mass is 31.2. The van der Waals surface area contributed by atoms with Crippen LogP contribution < -0.4 is 0 Å². The lowest BCUT2D eigenvalue weighted by atomic mass is 10.2. The summed E-state index contributed by atoms with van der Waals surface area (Å²) >= 11 is 0. The molecule has 1 rings (SSSR count). The molecule has 0 bridgehead atoms. The van der Waals surface area contributed by atoms with E-state index in [1.807, 2.05) is 6.07 Å². The van der Waals surface area contributed by atoms with Gasteiger partial charge in [0.05, 0.1) is 6.61 Å². The highest BCUT2D eigenvalue weighted by molar-refractivity contribution is 7.47. The third kappa shape index (κ3) is 5.77. The minimum absolute atomic E-state index is 0.200. The third-order valence-corrected chi connectivity index (χ3v) is 6.80. The van der Waals surface area contributed by atoms with Gasteiger partial charge >= 0.3 is 0 Å². The number of benzene rings is 1. The average molecular weight is 356 g/mol. The van der Waals surface area contributed by atoms with E-state index in [4.69, 9.17) is 4.52 Å². The van der Waals surface area contributed by atoms with Gasteiger partial charge in [0.1, 0.15) is 5.82 Å². The number of halogens is 1. The Labute approximate surface area is 149 Å². The second kappa shape index (κ2) is 9.82. The van der Waals surface area contributed by atoms with E-state index in [0.717, 1.165) is 0 Å². The van der Waals surface area contributed by atoms with Crippen LogP contribution in [0.1, 0.15) is 61.0 Å². The Hall–Kier alpha value is -0.540. The van der Waals surface area contributed by atoms with Gasteiger partial charge in [-0.25, -0.2) is 13.7 Å². The summed E-state index contributed by atoms with van der Waals surface area (Å²) in [7, 11) is -0.981. The van der Waals surface area contributed by atoms with Crippen LogP contribution in [0.25, 0.3) is 0 Å². The molecule has 0 amide bonds. The van der Waals surface area contributed by atoms with Gasteiger partial charge in [-0.2, -0.15) is 0 Å². The van der Waals surface area contributed by atoms with Crippen molar-refractivity contribution in [1.82, 2.24) is 9.34 Å². The van der Waals surface area contributed by atoms with E-state index < -0.39 is 8.45 Å². The molecule has 0 atom stereocenters. The SMILES string of the molecule is CC(C)N(C(C)C)P(OCc1ccccc1F)N(C(C)C)C(C)C. The standard InChI is InChI=1S/C19H34FN2OP/c1-14(2)21(15(3)4)24(22(16(5)6)17(7)8)23-13-18-11-9-10-12-19(18)20/h9-12,14-17H,13H2,1-8H3. The molecule has 24 heavy (non-hydrogen) atoms. The number of rotatable bonds is 9. The fourth-order valence-electron chi connectivity index (χ4n) is 2.98. The number of hydrogen-bond donors (Lipinski definition) is 0. The van der Waals surface area contributed by atoms with Crippen LogP contribution >= 0.6 is 8.45 Å². The Morgan fingerprint density at radius 3 is 1.62 bits per heavy atom. The topological polar surface area (TPSA) is 15.7 Å². The minimum Gasteiger partial charge on any atom is -0.326 e. The molecule has 138 valence electrons. The number of nitrogens with zero attached hydrogens (tertiary/aromatic N) is 2. The van der Waals surface area contributed by atoms with E-state index >= 15 is 0 Å². The van der Waals surface area contributed by atoms with Gasteiger partial charge in [-0.15, -0.1) is 0 Å². The molecular weight excluding hydrogens is 322 g/mol. The van der Waals surface area contributed by atoms with Crippen molar-refractivity contribution in [3.05, 3.63) is 35.6 Å². The van der Waals surface area contributed by atoms with Crippen LogP contribution in [-0.2, 0) is 11.1 Å². The van der Waals surface area contributed by atoms with E-state index in [9.17, 15) is 4.39 Å². The van der Waals surface area contributed by atoms with Crippen molar-refractivity contribution >= 4 is 8.45 Å². The summed E-state index contributed by atoms with van der Waals surface area (Å²) in [6.07, 6.45) is 0. The van der Waals surface area contributed by atoms with Crippen molar-refractivity contribution in [2.24, 2.45) is 0 Å². The van der Waals surface area contributed by atoms with Gasteiger partial charge in [0.25, 0.3) is 0 Å². The molecule has 5 heteroatoms. The van der Waals surface area contributed by atoms with Crippen LogP contribution in [0.5, 0.6) is 0 Å². The molecule has 0 spiro atoms. The molecule has 0 radical (unpaired) electrons. The van der Waals surface area contributed by atoms with Crippen molar-refractivity contribution in [3.63, 3.8) is 0 Å². The Kier molecular flexibility index (Phi) is 8.80. The molecule has 0 aliphatic carbocycles. The fraction of sp³-hybridized carbons (Fsp3) is 0.684. The normalized spacial score (nSPS) is 12.8. The summed E-state index contributed by atoms with van der Waals surface area (Å²) in [4.78, 5) is 0. The van der Waals surface area contributed by atoms with Crippen LogP contribution in [-0.4, -0.2) is 33.5 Å². The molecule has 0 heterocycles. The van der Waals surface area contributed by atoms with Gasteiger partial charge in [-0.1, -0.05) is 18.2 Å². The van der Waals surface area contributed by atoms with Crippen LogP contribution in [0.2, 0.25) is 0 Å². The predicted molar refractivity (Wildman–Crippen MR) is 102 cm³/mol. The first kappa shape index (κ1) is 21.5. The van der Waals surface area contributed by atoms with E-state index in [2.05, 4.69) is 64.7 Å².